The Morgan fingerprint density at radius 2 is 1.46 bits per heavy atom. The Hall–Kier alpha value is -0.710. The van der Waals surface area contributed by atoms with E-state index in [2.05, 4.69) is 20.8 Å². The second kappa shape index (κ2) is 17.7. The van der Waals surface area contributed by atoms with Crippen LogP contribution in [-0.2, 0) is 9.53 Å². The maximum atomic E-state index is 12.2. The number of nitrogens with zero attached hydrogens (tertiary/aromatic N) is 1. The minimum Gasteiger partial charge on any atom is -0.462 e. The van der Waals surface area contributed by atoms with Crippen molar-refractivity contribution in [2.75, 3.05) is 18.8 Å². The number of unbranched alkanes of at least 4 members (excludes halogenated alkanes) is 4. The molecule has 0 aromatic heterocycles. The van der Waals surface area contributed by atoms with Gasteiger partial charge in [0.2, 0.25) is 0 Å². The fourth-order valence-corrected chi connectivity index (χ4v) is 3.56. The van der Waals surface area contributed by atoms with Gasteiger partial charge in [0, 0.05) is 19.5 Å². The van der Waals surface area contributed by atoms with E-state index in [1.54, 1.807) is 0 Å². The Bertz CT molecular complexity index is 353. The number of rotatable bonds is 16. The quantitative estimate of drug-likeness (QED) is 0.226. The average molecular weight is 388 g/mol. The first kappa shape index (κ1) is 25.3. The number of carbonyl (C=O) groups excluding carboxylic acids is 2. The predicted molar refractivity (Wildman–Crippen MR) is 113 cm³/mol. The van der Waals surface area contributed by atoms with E-state index in [9.17, 15) is 9.59 Å². The number of carbonyl (C=O) groups is 2. The molecule has 0 rings (SSSR count). The van der Waals surface area contributed by atoms with Crippen molar-refractivity contribution in [2.45, 2.75) is 104 Å². The van der Waals surface area contributed by atoms with Gasteiger partial charge < -0.3 is 9.64 Å². The number of amides is 1. The van der Waals surface area contributed by atoms with Crippen LogP contribution in [0.25, 0.3) is 0 Å². The van der Waals surface area contributed by atoms with Gasteiger partial charge in [-0.15, -0.1) is 0 Å². The molecule has 0 saturated carbocycles. The summed E-state index contributed by atoms with van der Waals surface area (Å²) in [6, 6.07) is 0. The lowest BCUT2D eigenvalue weighted by Gasteiger charge is -2.22. The fourth-order valence-electron chi connectivity index (χ4n) is 2.94. The molecule has 0 fully saturated rings. The minimum atomic E-state index is -0.102. The van der Waals surface area contributed by atoms with Gasteiger partial charge in [0.05, 0.1) is 0 Å². The van der Waals surface area contributed by atoms with Crippen LogP contribution in [0.4, 0.5) is 4.79 Å². The smallest absolute Gasteiger partial charge is 0.306 e. The second-order valence-corrected chi connectivity index (χ2v) is 8.11. The molecule has 0 radical (unpaired) electrons. The van der Waals surface area contributed by atoms with Crippen LogP contribution in [0.15, 0.2) is 0 Å². The lowest BCUT2D eigenvalue weighted by atomic mass is 10.0. The van der Waals surface area contributed by atoms with E-state index < -0.39 is 0 Å². The summed E-state index contributed by atoms with van der Waals surface area (Å²) in [7, 11) is 0. The van der Waals surface area contributed by atoms with Gasteiger partial charge in [-0.1, -0.05) is 65.1 Å². The summed E-state index contributed by atoms with van der Waals surface area (Å²) in [5, 5.41) is 0.125. The molecular weight excluding hydrogens is 346 g/mol. The maximum absolute atomic E-state index is 12.2. The number of hydrogen-bond donors (Lipinski definition) is 0. The Balaban J connectivity index is 4.26. The molecule has 0 saturated heterocycles. The van der Waals surface area contributed by atoms with E-state index in [1.807, 2.05) is 11.8 Å². The van der Waals surface area contributed by atoms with Gasteiger partial charge in [0.1, 0.15) is 6.10 Å². The molecular formula is C21H41NO3S. The van der Waals surface area contributed by atoms with Crippen LogP contribution in [0.1, 0.15) is 98.3 Å². The molecule has 0 atom stereocenters. The zero-order valence-electron chi connectivity index (χ0n) is 17.6. The summed E-state index contributed by atoms with van der Waals surface area (Å²) in [5.74, 6) is 0.688. The maximum Gasteiger partial charge on any atom is 0.306 e. The first-order valence-electron chi connectivity index (χ1n) is 10.7. The van der Waals surface area contributed by atoms with Crippen molar-refractivity contribution in [3.05, 3.63) is 0 Å². The van der Waals surface area contributed by atoms with E-state index in [0.29, 0.717) is 19.4 Å². The van der Waals surface area contributed by atoms with Crippen LogP contribution >= 0.6 is 11.8 Å². The lowest BCUT2D eigenvalue weighted by Crippen LogP contribution is -2.30. The zero-order valence-corrected chi connectivity index (χ0v) is 18.4. The summed E-state index contributed by atoms with van der Waals surface area (Å²) >= 11 is 1.34. The average Bonchev–Trinajstić information content (AvgIpc) is 2.61. The lowest BCUT2D eigenvalue weighted by molar-refractivity contribution is -0.150. The van der Waals surface area contributed by atoms with E-state index in [1.165, 1.54) is 37.4 Å². The standard InChI is InChI=1S/C21H41NO3S/c1-5-9-11-14-19(15-12-10-6-2)25-20(23)16-13-18-22(17-7-3)21(24)26-8-4/h19H,5-18H2,1-4H3. The molecule has 0 aliphatic heterocycles. The van der Waals surface area contributed by atoms with Gasteiger partial charge in [-0.2, -0.15) is 0 Å². The van der Waals surface area contributed by atoms with E-state index in [0.717, 1.165) is 44.4 Å². The summed E-state index contributed by atoms with van der Waals surface area (Å²) in [6.07, 6.45) is 11.1. The van der Waals surface area contributed by atoms with Crippen LogP contribution in [0.3, 0.4) is 0 Å². The van der Waals surface area contributed by atoms with Crippen molar-refractivity contribution in [2.24, 2.45) is 0 Å². The molecule has 154 valence electrons. The van der Waals surface area contributed by atoms with Crippen molar-refractivity contribution in [3.63, 3.8) is 0 Å². The third-order valence-corrected chi connectivity index (χ3v) is 5.18. The topological polar surface area (TPSA) is 46.6 Å². The summed E-state index contributed by atoms with van der Waals surface area (Å²) in [4.78, 5) is 26.1. The highest BCUT2D eigenvalue weighted by Crippen LogP contribution is 2.16. The van der Waals surface area contributed by atoms with Gasteiger partial charge in [0.15, 0.2) is 0 Å². The van der Waals surface area contributed by atoms with Crippen LogP contribution < -0.4 is 0 Å². The molecule has 5 heteroatoms. The van der Waals surface area contributed by atoms with Crippen LogP contribution in [0.5, 0.6) is 0 Å². The van der Waals surface area contributed by atoms with Crippen molar-refractivity contribution in [3.8, 4) is 0 Å². The highest BCUT2D eigenvalue weighted by Gasteiger charge is 2.16. The normalized spacial score (nSPS) is 11.0. The Kier molecular flexibility index (Phi) is 17.2. The second-order valence-electron chi connectivity index (χ2n) is 6.89. The third kappa shape index (κ3) is 13.5. The molecule has 0 bridgehead atoms. The van der Waals surface area contributed by atoms with Crippen molar-refractivity contribution >= 4 is 23.0 Å². The SMILES string of the molecule is CCCCCC(CCCCC)OC(=O)CCCN(CCC)C(=O)SCC. The molecule has 0 spiro atoms. The third-order valence-electron chi connectivity index (χ3n) is 4.39. The van der Waals surface area contributed by atoms with E-state index in [4.69, 9.17) is 4.74 Å². The largest absolute Gasteiger partial charge is 0.462 e. The van der Waals surface area contributed by atoms with Crippen molar-refractivity contribution in [1.82, 2.24) is 4.90 Å². The summed E-state index contributed by atoms with van der Waals surface area (Å²) in [5.41, 5.74) is 0. The van der Waals surface area contributed by atoms with Gasteiger partial charge >= 0.3 is 5.97 Å². The molecule has 0 unspecified atom stereocenters. The Labute approximate surface area is 165 Å². The molecule has 0 aliphatic carbocycles. The van der Waals surface area contributed by atoms with Crippen molar-refractivity contribution < 1.29 is 14.3 Å². The number of hydrogen-bond acceptors (Lipinski definition) is 4. The van der Waals surface area contributed by atoms with Gasteiger partial charge in [-0.05, 0) is 44.3 Å². The van der Waals surface area contributed by atoms with E-state index in [-0.39, 0.29) is 17.3 Å². The van der Waals surface area contributed by atoms with Gasteiger partial charge in [0.25, 0.3) is 5.24 Å². The van der Waals surface area contributed by atoms with Crippen LogP contribution in [0, 0.1) is 0 Å². The highest BCUT2D eigenvalue weighted by molar-refractivity contribution is 8.13. The molecule has 0 N–H and O–H groups in total. The number of thioether (sulfide) groups is 1. The van der Waals surface area contributed by atoms with Crippen LogP contribution in [0.2, 0.25) is 0 Å². The fraction of sp³-hybridized carbons (Fsp3) is 0.905. The zero-order chi connectivity index (χ0) is 19.6. The molecule has 0 aliphatic rings. The molecule has 26 heavy (non-hydrogen) atoms. The molecule has 4 nitrogen and oxygen atoms in total. The Morgan fingerprint density at radius 1 is 0.846 bits per heavy atom. The molecule has 0 aromatic carbocycles. The van der Waals surface area contributed by atoms with Gasteiger partial charge in [-0.3, -0.25) is 9.59 Å². The first-order chi connectivity index (χ1) is 12.6. The molecule has 1 amide bonds. The summed E-state index contributed by atoms with van der Waals surface area (Å²) < 4.78 is 5.75. The van der Waals surface area contributed by atoms with Crippen LogP contribution in [-0.4, -0.2) is 41.1 Å². The molecule has 0 aromatic rings. The minimum absolute atomic E-state index is 0.0737. The Morgan fingerprint density at radius 3 is 1.96 bits per heavy atom. The predicted octanol–water partition coefficient (Wildman–Crippen LogP) is 6.42. The van der Waals surface area contributed by atoms with Gasteiger partial charge in [-0.25, -0.2) is 0 Å². The summed E-state index contributed by atoms with van der Waals surface area (Å²) in [6.45, 7) is 9.85. The molecule has 0 heterocycles. The monoisotopic (exact) mass is 387 g/mol. The van der Waals surface area contributed by atoms with E-state index >= 15 is 0 Å². The first-order valence-corrected chi connectivity index (χ1v) is 11.7. The number of ether oxygens (including phenoxy) is 1. The number of esters is 1. The van der Waals surface area contributed by atoms with Crippen molar-refractivity contribution in [1.29, 1.82) is 0 Å². The highest BCUT2D eigenvalue weighted by atomic mass is 32.2.